The SMILES string of the molecule is C[C@@H](C(=O)Nc1ccc(Cl)cc1)N1CCC[C@@H](C(=O)Nc2ccccc2)C1. The van der Waals surface area contributed by atoms with Crippen molar-refractivity contribution in [2.24, 2.45) is 5.92 Å². The van der Waals surface area contributed by atoms with Crippen LogP contribution in [-0.4, -0.2) is 35.8 Å². The van der Waals surface area contributed by atoms with Gasteiger partial charge in [-0.05, 0) is 62.7 Å². The van der Waals surface area contributed by atoms with Crippen LogP contribution in [0.1, 0.15) is 19.8 Å². The highest BCUT2D eigenvalue weighted by Crippen LogP contribution is 2.21. The topological polar surface area (TPSA) is 61.4 Å². The van der Waals surface area contributed by atoms with Crippen molar-refractivity contribution >= 4 is 34.8 Å². The highest BCUT2D eigenvalue weighted by molar-refractivity contribution is 6.30. The number of likely N-dealkylation sites (tertiary alicyclic amines) is 1. The lowest BCUT2D eigenvalue weighted by molar-refractivity contribution is -0.125. The van der Waals surface area contributed by atoms with Gasteiger partial charge in [0.1, 0.15) is 0 Å². The van der Waals surface area contributed by atoms with Crippen molar-refractivity contribution in [1.29, 1.82) is 0 Å². The summed E-state index contributed by atoms with van der Waals surface area (Å²) in [5, 5.41) is 6.51. The minimum Gasteiger partial charge on any atom is -0.326 e. The smallest absolute Gasteiger partial charge is 0.241 e. The predicted octanol–water partition coefficient (Wildman–Crippen LogP) is 4.02. The number of anilines is 2. The van der Waals surface area contributed by atoms with Gasteiger partial charge in [0.25, 0.3) is 0 Å². The fourth-order valence-electron chi connectivity index (χ4n) is 3.28. The number of hydrogen-bond donors (Lipinski definition) is 2. The zero-order chi connectivity index (χ0) is 19.2. The van der Waals surface area contributed by atoms with Crippen LogP contribution < -0.4 is 10.6 Å². The number of carbonyl (C=O) groups is 2. The van der Waals surface area contributed by atoms with Gasteiger partial charge >= 0.3 is 0 Å². The average molecular weight is 386 g/mol. The second kappa shape index (κ2) is 9.02. The standard InChI is InChI=1S/C21H24ClN3O2/c1-15(20(26)23-19-11-9-17(22)10-12-19)25-13-5-6-16(14-25)21(27)24-18-7-3-2-4-8-18/h2-4,7-12,15-16H,5-6,13-14H2,1H3,(H,23,26)(H,24,27)/t15-,16+/m0/s1. The Hall–Kier alpha value is -2.37. The molecule has 27 heavy (non-hydrogen) atoms. The minimum absolute atomic E-state index is 0.0104. The van der Waals surface area contributed by atoms with Gasteiger partial charge in [-0.15, -0.1) is 0 Å². The van der Waals surface area contributed by atoms with Crippen LogP contribution in [0, 0.1) is 5.92 Å². The van der Waals surface area contributed by atoms with E-state index in [0.717, 1.165) is 25.1 Å². The Morgan fingerprint density at radius 1 is 1.04 bits per heavy atom. The number of rotatable bonds is 5. The van der Waals surface area contributed by atoms with E-state index in [0.29, 0.717) is 17.3 Å². The van der Waals surface area contributed by atoms with Gasteiger partial charge in [0.15, 0.2) is 0 Å². The van der Waals surface area contributed by atoms with Crippen molar-refractivity contribution in [1.82, 2.24) is 4.90 Å². The lowest BCUT2D eigenvalue weighted by Gasteiger charge is -2.35. The molecule has 2 aromatic carbocycles. The monoisotopic (exact) mass is 385 g/mol. The van der Waals surface area contributed by atoms with Gasteiger partial charge in [0, 0.05) is 22.9 Å². The van der Waals surface area contributed by atoms with E-state index in [9.17, 15) is 9.59 Å². The third kappa shape index (κ3) is 5.31. The van der Waals surface area contributed by atoms with E-state index in [1.165, 1.54) is 0 Å². The molecule has 142 valence electrons. The second-order valence-electron chi connectivity index (χ2n) is 6.86. The Bertz CT molecular complexity index is 780. The zero-order valence-electron chi connectivity index (χ0n) is 15.3. The van der Waals surface area contributed by atoms with Gasteiger partial charge in [0.05, 0.1) is 12.0 Å². The molecule has 2 atom stereocenters. The summed E-state index contributed by atoms with van der Waals surface area (Å²) in [5.74, 6) is -0.192. The summed E-state index contributed by atoms with van der Waals surface area (Å²) in [5.41, 5.74) is 1.51. The molecule has 2 amide bonds. The molecule has 0 saturated carbocycles. The molecule has 1 aliphatic rings. The van der Waals surface area contributed by atoms with E-state index < -0.39 is 0 Å². The van der Waals surface area contributed by atoms with Crippen LogP contribution in [0.2, 0.25) is 5.02 Å². The largest absolute Gasteiger partial charge is 0.326 e. The summed E-state index contributed by atoms with van der Waals surface area (Å²) in [6, 6.07) is 16.2. The Morgan fingerprint density at radius 3 is 2.41 bits per heavy atom. The van der Waals surface area contributed by atoms with Gasteiger partial charge in [-0.1, -0.05) is 29.8 Å². The molecule has 0 radical (unpaired) electrons. The molecular weight excluding hydrogens is 362 g/mol. The van der Waals surface area contributed by atoms with Crippen molar-refractivity contribution in [2.45, 2.75) is 25.8 Å². The Labute approximate surface area is 164 Å². The fraction of sp³-hybridized carbons (Fsp3) is 0.333. The fourth-order valence-corrected chi connectivity index (χ4v) is 3.41. The summed E-state index contributed by atoms with van der Waals surface area (Å²) in [7, 11) is 0. The minimum atomic E-state index is -0.312. The first-order valence-corrected chi connectivity index (χ1v) is 9.57. The van der Waals surface area contributed by atoms with Gasteiger partial charge in [0.2, 0.25) is 11.8 Å². The third-order valence-corrected chi connectivity index (χ3v) is 5.16. The number of halogens is 1. The summed E-state index contributed by atoms with van der Waals surface area (Å²) in [4.78, 5) is 27.2. The molecule has 2 N–H and O–H groups in total. The maximum Gasteiger partial charge on any atom is 0.241 e. The summed E-state index contributed by atoms with van der Waals surface area (Å²) in [6.07, 6.45) is 1.73. The highest BCUT2D eigenvalue weighted by atomic mass is 35.5. The van der Waals surface area contributed by atoms with Crippen molar-refractivity contribution in [3.63, 3.8) is 0 Å². The number of nitrogens with one attached hydrogen (secondary N) is 2. The summed E-state index contributed by atoms with van der Waals surface area (Å²) >= 11 is 5.88. The van der Waals surface area contributed by atoms with Crippen LogP contribution in [0.15, 0.2) is 54.6 Å². The van der Waals surface area contributed by atoms with Crippen LogP contribution >= 0.6 is 11.6 Å². The molecule has 3 rings (SSSR count). The first kappa shape index (κ1) is 19.4. The zero-order valence-corrected chi connectivity index (χ0v) is 16.1. The second-order valence-corrected chi connectivity index (χ2v) is 7.30. The Balaban J connectivity index is 1.57. The summed E-state index contributed by atoms with van der Waals surface area (Å²) in [6.45, 7) is 3.26. The molecule has 1 heterocycles. The van der Waals surface area contributed by atoms with E-state index in [4.69, 9.17) is 11.6 Å². The first-order valence-electron chi connectivity index (χ1n) is 9.19. The van der Waals surface area contributed by atoms with E-state index in [-0.39, 0.29) is 23.8 Å². The number of amides is 2. The third-order valence-electron chi connectivity index (χ3n) is 4.90. The molecule has 1 fully saturated rings. The van der Waals surface area contributed by atoms with Crippen molar-refractivity contribution in [2.75, 3.05) is 23.7 Å². The molecule has 0 aromatic heterocycles. The molecule has 2 aromatic rings. The van der Waals surface area contributed by atoms with Crippen LogP contribution in [-0.2, 0) is 9.59 Å². The van der Waals surface area contributed by atoms with Gasteiger partial charge in [-0.2, -0.15) is 0 Å². The molecule has 0 unspecified atom stereocenters. The van der Waals surface area contributed by atoms with Crippen LogP contribution in [0.4, 0.5) is 11.4 Å². The van der Waals surface area contributed by atoms with E-state index in [1.807, 2.05) is 37.3 Å². The number of para-hydroxylation sites is 1. The average Bonchev–Trinajstić information content (AvgIpc) is 2.70. The molecule has 6 heteroatoms. The molecule has 0 spiro atoms. The van der Waals surface area contributed by atoms with E-state index in [2.05, 4.69) is 15.5 Å². The number of piperidine rings is 1. The van der Waals surface area contributed by atoms with Crippen LogP contribution in [0.3, 0.4) is 0 Å². The molecular formula is C21H24ClN3O2. The number of benzene rings is 2. The van der Waals surface area contributed by atoms with Crippen LogP contribution in [0.5, 0.6) is 0 Å². The Kier molecular flexibility index (Phi) is 6.48. The quantitative estimate of drug-likeness (QED) is 0.817. The van der Waals surface area contributed by atoms with Gasteiger partial charge in [-0.3, -0.25) is 14.5 Å². The van der Waals surface area contributed by atoms with Gasteiger partial charge < -0.3 is 10.6 Å². The van der Waals surface area contributed by atoms with Gasteiger partial charge in [-0.25, -0.2) is 0 Å². The maximum atomic E-state index is 12.6. The molecule has 0 bridgehead atoms. The predicted molar refractivity (Wildman–Crippen MR) is 109 cm³/mol. The molecule has 1 saturated heterocycles. The molecule has 5 nitrogen and oxygen atoms in total. The highest BCUT2D eigenvalue weighted by Gasteiger charge is 2.30. The van der Waals surface area contributed by atoms with Crippen LogP contribution in [0.25, 0.3) is 0 Å². The Morgan fingerprint density at radius 2 is 1.70 bits per heavy atom. The lowest BCUT2D eigenvalue weighted by atomic mass is 9.95. The number of hydrogen-bond acceptors (Lipinski definition) is 3. The summed E-state index contributed by atoms with van der Waals surface area (Å²) < 4.78 is 0. The maximum absolute atomic E-state index is 12.6. The van der Waals surface area contributed by atoms with Crippen molar-refractivity contribution < 1.29 is 9.59 Å². The number of carbonyl (C=O) groups excluding carboxylic acids is 2. The van der Waals surface area contributed by atoms with Crippen molar-refractivity contribution in [3.8, 4) is 0 Å². The van der Waals surface area contributed by atoms with E-state index in [1.54, 1.807) is 24.3 Å². The molecule has 0 aliphatic carbocycles. The number of nitrogens with zero attached hydrogens (tertiary/aromatic N) is 1. The first-order chi connectivity index (χ1) is 13.0. The van der Waals surface area contributed by atoms with E-state index >= 15 is 0 Å². The van der Waals surface area contributed by atoms with Crippen molar-refractivity contribution in [3.05, 3.63) is 59.6 Å². The normalized spacial score (nSPS) is 18.5. The lowest BCUT2D eigenvalue weighted by Crippen LogP contribution is -2.49. The molecule has 1 aliphatic heterocycles.